The highest BCUT2D eigenvalue weighted by Gasteiger charge is 2.23. The molecule has 3 amide bonds. The van der Waals surface area contributed by atoms with Gasteiger partial charge in [0.25, 0.3) is 0 Å². The van der Waals surface area contributed by atoms with E-state index in [-0.39, 0.29) is 23.4 Å². The highest BCUT2D eigenvalue weighted by molar-refractivity contribution is 7.14. The van der Waals surface area contributed by atoms with Crippen LogP contribution in [0.1, 0.15) is 31.0 Å². The molecule has 0 unspecified atom stereocenters. The molecule has 9 heteroatoms. The zero-order valence-electron chi connectivity index (χ0n) is 18.7. The molecular formula is C25H23FN4O3S. The van der Waals surface area contributed by atoms with E-state index in [2.05, 4.69) is 10.3 Å². The molecule has 1 saturated heterocycles. The molecule has 1 N–H and O–H groups in total. The van der Waals surface area contributed by atoms with Crippen LogP contribution in [0.15, 0.2) is 53.9 Å². The topological polar surface area (TPSA) is 82.6 Å². The largest absolute Gasteiger partial charge is 0.323 e. The molecule has 7 nitrogen and oxygen atoms in total. The third kappa shape index (κ3) is 5.04. The van der Waals surface area contributed by atoms with Gasteiger partial charge in [0.15, 0.2) is 5.13 Å². The van der Waals surface area contributed by atoms with Crippen LogP contribution in [0.3, 0.4) is 0 Å². The number of halogens is 1. The molecule has 0 bridgehead atoms. The smallest absolute Gasteiger partial charge is 0.248 e. The summed E-state index contributed by atoms with van der Waals surface area (Å²) in [5, 5.41) is 4.78. The van der Waals surface area contributed by atoms with E-state index in [0.717, 1.165) is 17.7 Å². The fourth-order valence-electron chi connectivity index (χ4n) is 3.78. The highest BCUT2D eigenvalue weighted by Crippen LogP contribution is 2.31. The summed E-state index contributed by atoms with van der Waals surface area (Å²) in [6.45, 7) is 3.95. The van der Waals surface area contributed by atoms with Crippen molar-refractivity contribution in [2.75, 3.05) is 21.7 Å². The van der Waals surface area contributed by atoms with Crippen molar-refractivity contribution in [2.24, 2.45) is 0 Å². The molecule has 34 heavy (non-hydrogen) atoms. The molecule has 174 valence electrons. The minimum absolute atomic E-state index is 0.115. The number of benzene rings is 2. The second-order valence-electron chi connectivity index (χ2n) is 7.83. The van der Waals surface area contributed by atoms with Gasteiger partial charge in [0.2, 0.25) is 17.7 Å². The number of nitrogens with one attached hydrogen (secondary N) is 1. The molecule has 1 aliphatic rings. The van der Waals surface area contributed by atoms with E-state index in [4.69, 9.17) is 0 Å². The number of thiazole rings is 1. The van der Waals surface area contributed by atoms with Gasteiger partial charge in [-0.25, -0.2) is 9.37 Å². The second-order valence-corrected chi connectivity index (χ2v) is 8.67. The molecule has 0 radical (unpaired) electrons. The van der Waals surface area contributed by atoms with Crippen molar-refractivity contribution in [3.05, 3.63) is 71.0 Å². The van der Waals surface area contributed by atoms with E-state index in [1.54, 1.807) is 28.5 Å². The SMILES string of the molecule is CC(=O)N(c1nc(/C=C/C(=O)Nc2ccc(N3CCCC3=O)c(C)c2)cs1)c1ccccc1F. The van der Waals surface area contributed by atoms with Gasteiger partial charge in [-0.3, -0.25) is 19.3 Å². The lowest BCUT2D eigenvalue weighted by molar-refractivity contribution is -0.117. The lowest BCUT2D eigenvalue weighted by Gasteiger charge is -2.19. The monoisotopic (exact) mass is 478 g/mol. The number of carbonyl (C=O) groups excluding carboxylic acids is 3. The van der Waals surface area contributed by atoms with Crippen LogP contribution in [0.4, 0.5) is 26.6 Å². The average Bonchev–Trinajstić information content (AvgIpc) is 3.43. The Balaban J connectivity index is 1.44. The summed E-state index contributed by atoms with van der Waals surface area (Å²) in [5.74, 6) is -1.14. The summed E-state index contributed by atoms with van der Waals surface area (Å²) < 4.78 is 14.2. The van der Waals surface area contributed by atoms with Crippen LogP contribution in [0.5, 0.6) is 0 Å². The summed E-state index contributed by atoms with van der Waals surface area (Å²) in [6.07, 6.45) is 4.28. The minimum atomic E-state index is -0.528. The lowest BCUT2D eigenvalue weighted by Crippen LogP contribution is -2.24. The van der Waals surface area contributed by atoms with Crippen molar-refractivity contribution in [3.8, 4) is 0 Å². The maximum absolute atomic E-state index is 14.2. The van der Waals surface area contributed by atoms with E-state index < -0.39 is 5.82 Å². The number of amides is 3. The molecule has 1 aromatic heterocycles. The van der Waals surface area contributed by atoms with Crippen LogP contribution in [-0.4, -0.2) is 29.3 Å². The van der Waals surface area contributed by atoms with E-state index >= 15 is 0 Å². The second kappa shape index (κ2) is 9.96. The Labute approximate surface area is 200 Å². The molecule has 2 aromatic carbocycles. The third-order valence-corrected chi connectivity index (χ3v) is 6.19. The predicted molar refractivity (Wildman–Crippen MR) is 132 cm³/mol. The Morgan fingerprint density at radius 2 is 2.03 bits per heavy atom. The first-order valence-corrected chi connectivity index (χ1v) is 11.6. The van der Waals surface area contributed by atoms with E-state index in [1.165, 1.54) is 47.4 Å². The van der Waals surface area contributed by atoms with Crippen molar-refractivity contribution < 1.29 is 18.8 Å². The van der Waals surface area contributed by atoms with Gasteiger partial charge in [0.05, 0.1) is 11.4 Å². The zero-order valence-corrected chi connectivity index (χ0v) is 19.6. The predicted octanol–water partition coefficient (Wildman–Crippen LogP) is 5.05. The van der Waals surface area contributed by atoms with Crippen LogP contribution in [-0.2, 0) is 14.4 Å². The first-order chi connectivity index (χ1) is 16.3. The molecule has 0 saturated carbocycles. The summed E-state index contributed by atoms with van der Waals surface area (Å²) in [7, 11) is 0. The zero-order chi connectivity index (χ0) is 24.2. The van der Waals surface area contributed by atoms with E-state index in [1.807, 2.05) is 19.1 Å². The molecule has 3 aromatic rings. The molecule has 0 aliphatic carbocycles. The minimum Gasteiger partial charge on any atom is -0.323 e. The number of para-hydroxylation sites is 1. The number of carbonyl (C=O) groups is 3. The summed E-state index contributed by atoms with van der Waals surface area (Å²) in [4.78, 5) is 43.9. The first kappa shape index (κ1) is 23.3. The van der Waals surface area contributed by atoms with Crippen molar-refractivity contribution in [1.82, 2.24) is 4.98 Å². The number of hydrogen-bond acceptors (Lipinski definition) is 5. The number of hydrogen-bond donors (Lipinski definition) is 1. The Morgan fingerprint density at radius 1 is 1.24 bits per heavy atom. The Bertz CT molecular complexity index is 1290. The number of rotatable bonds is 6. The fourth-order valence-corrected chi connectivity index (χ4v) is 4.63. The summed E-state index contributed by atoms with van der Waals surface area (Å²) >= 11 is 1.17. The van der Waals surface area contributed by atoms with Crippen LogP contribution in [0.2, 0.25) is 0 Å². The third-order valence-electron chi connectivity index (χ3n) is 5.34. The van der Waals surface area contributed by atoms with Crippen LogP contribution >= 0.6 is 11.3 Å². The van der Waals surface area contributed by atoms with Crippen molar-refractivity contribution in [2.45, 2.75) is 26.7 Å². The Kier molecular flexibility index (Phi) is 6.83. The summed E-state index contributed by atoms with van der Waals surface area (Å²) in [5.41, 5.74) is 2.96. The number of nitrogens with zero attached hydrogens (tertiary/aromatic N) is 3. The molecule has 0 spiro atoms. The van der Waals surface area contributed by atoms with Gasteiger partial charge in [-0.15, -0.1) is 11.3 Å². The fraction of sp³-hybridized carbons (Fsp3) is 0.200. The van der Waals surface area contributed by atoms with Crippen molar-refractivity contribution in [1.29, 1.82) is 0 Å². The van der Waals surface area contributed by atoms with E-state index in [9.17, 15) is 18.8 Å². The molecule has 1 fully saturated rings. The molecule has 4 rings (SSSR count). The number of aromatic nitrogens is 1. The van der Waals surface area contributed by atoms with Gasteiger partial charge >= 0.3 is 0 Å². The standard InChI is InChI=1S/C25H23FN4O3S/c1-16-14-18(9-11-21(16)29-13-5-8-24(29)33)27-23(32)12-10-19-15-34-25(28-19)30(17(2)31)22-7-4-3-6-20(22)26/h3-4,6-7,9-12,14-15H,5,8,13H2,1-2H3,(H,27,32)/b12-10+. The Morgan fingerprint density at radius 3 is 2.71 bits per heavy atom. The molecule has 0 atom stereocenters. The van der Waals surface area contributed by atoms with Gasteiger partial charge < -0.3 is 10.2 Å². The lowest BCUT2D eigenvalue weighted by atomic mass is 10.1. The highest BCUT2D eigenvalue weighted by atomic mass is 32.1. The molecular weight excluding hydrogens is 455 g/mol. The average molecular weight is 479 g/mol. The van der Waals surface area contributed by atoms with Gasteiger partial charge in [0, 0.05) is 42.7 Å². The van der Waals surface area contributed by atoms with Gasteiger partial charge in [0.1, 0.15) is 5.82 Å². The first-order valence-electron chi connectivity index (χ1n) is 10.7. The summed E-state index contributed by atoms with van der Waals surface area (Å²) in [6, 6.07) is 11.4. The van der Waals surface area contributed by atoms with Gasteiger partial charge in [-0.05, 0) is 55.3 Å². The Hall–Kier alpha value is -3.85. The normalized spacial score (nSPS) is 13.5. The van der Waals surface area contributed by atoms with Crippen LogP contribution in [0.25, 0.3) is 6.08 Å². The number of aryl methyl sites for hydroxylation is 1. The van der Waals surface area contributed by atoms with Crippen LogP contribution < -0.4 is 15.1 Å². The molecule has 2 heterocycles. The van der Waals surface area contributed by atoms with Crippen molar-refractivity contribution in [3.63, 3.8) is 0 Å². The molecule has 1 aliphatic heterocycles. The maximum Gasteiger partial charge on any atom is 0.248 e. The van der Waals surface area contributed by atoms with Crippen LogP contribution in [0, 0.1) is 12.7 Å². The van der Waals surface area contributed by atoms with Crippen molar-refractivity contribution >= 4 is 57.3 Å². The van der Waals surface area contributed by atoms with Gasteiger partial charge in [-0.1, -0.05) is 12.1 Å². The van der Waals surface area contributed by atoms with E-state index in [0.29, 0.717) is 29.5 Å². The quantitative estimate of drug-likeness (QED) is 0.503. The van der Waals surface area contributed by atoms with Gasteiger partial charge in [-0.2, -0.15) is 0 Å². The number of anilines is 4. The maximum atomic E-state index is 14.2.